The molecule has 2 aromatic rings. The highest BCUT2D eigenvalue weighted by Crippen LogP contribution is 2.57. The monoisotopic (exact) mass is 374 g/mol. The molecule has 2 aromatic carbocycles. The van der Waals surface area contributed by atoms with E-state index in [-0.39, 0.29) is 11.8 Å². The first-order chi connectivity index (χ1) is 13.0. The molecule has 0 saturated carbocycles. The standard InChI is InChI=1S/C21H15ClN4O/c1-13(27)19-18(14-6-8-16(22)9-7-14)20-17-5-3-2-4-15(17)10-25-26(20)21(19,11-23)12-24/h2-10,18-20H,1H3/t18-,19-,20+/m1/s1. The van der Waals surface area contributed by atoms with E-state index < -0.39 is 17.4 Å². The van der Waals surface area contributed by atoms with Crippen molar-refractivity contribution in [3.8, 4) is 12.1 Å². The van der Waals surface area contributed by atoms with E-state index in [1.165, 1.54) is 11.9 Å². The summed E-state index contributed by atoms with van der Waals surface area (Å²) in [6.07, 6.45) is 1.65. The van der Waals surface area contributed by atoms with Crippen LogP contribution in [0.3, 0.4) is 0 Å². The molecule has 0 aromatic heterocycles. The number of nitriles is 2. The third kappa shape index (κ3) is 2.36. The summed E-state index contributed by atoms with van der Waals surface area (Å²) in [5, 5.41) is 26.5. The van der Waals surface area contributed by atoms with E-state index in [2.05, 4.69) is 17.2 Å². The molecule has 4 rings (SSSR count). The predicted molar refractivity (Wildman–Crippen MR) is 101 cm³/mol. The molecule has 2 aliphatic rings. The number of hydrazone groups is 1. The number of rotatable bonds is 2. The summed E-state index contributed by atoms with van der Waals surface area (Å²) in [6, 6.07) is 18.8. The SMILES string of the molecule is CC(=O)[C@@H]1[C@@H](c2ccc(Cl)cc2)[C@@H]2c3ccccc3C=NN2C1(C#N)C#N. The minimum atomic E-state index is -1.66. The number of hydrogen-bond donors (Lipinski definition) is 0. The van der Waals surface area contributed by atoms with Crippen LogP contribution in [0.5, 0.6) is 0 Å². The van der Waals surface area contributed by atoms with Crippen LogP contribution in [0.25, 0.3) is 0 Å². The second-order valence-electron chi connectivity index (χ2n) is 6.82. The van der Waals surface area contributed by atoms with E-state index in [0.717, 1.165) is 16.7 Å². The number of halogens is 1. The Labute approximate surface area is 162 Å². The summed E-state index contributed by atoms with van der Waals surface area (Å²) < 4.78 is 0. The first-order valence-electron chi connectivity index (χ1n) is 8.54. The molecule has 0 bridgehead atoms. The topological polar surface area (TPSA) is 80.2 Å². The van der Waals surface area contributed by atoms with E-state index in [1.807, 2.05) is 36.4 Å². The van der Waals surface area contributed by atoms with Crippen LogP contribution < -0.4 is 0 Å². The molecule has 1 saturated heterocycles. The van der Waals surface area contributed by atoms with Gasteiger partial charge in [-0.25, -0.2) is 0 Å². The van der Waals surface area contributed by atoms with Crippen molar-refractivity contribution < 1.29 is 4.79 Å². The van der Waals surface area contributed by atoms with Gasteiger partial charge in [0, 0.05) is 10.9 Å². The number of ketones is 1. The zero-order valence-electron chi connectivity index (χ0n) is 14.5. The summed E-state index contributed by atoms with van der Waals surface area (Å²) in [4.78, 5) is 12.7. The van der Waals surface area contributed by atoms with Gasteiger partial charge < -0.3 is 0 Å². The van der Waals surface area contributed by atoms with Crippen LogP contribution in [0, 0.1) is 28.6 Å². The van der Waals surface area contributed by atoms with Crippen molar-refractivity contribution in [3.05, 3.63) is 70.2 Å². The summed E-state index contributed by atoms with van der Waals surface area (Å²) in [5.41, 5.74) is 1.07. The molecule has 2 heterocycles. The van der Waals surface area contributed by atoms with Crippen LogP contribution in [0.4, 0.5) is 0 Å². The van der Waals surface area contributed by atoms with Crippen LogP contribution in [-0.4, -0.2) is 22.5 Å². The van der Waals surface area contributed by atoms with Crippen LogP contribution in [-0.2, 0) is 4.79 Å². The number of nitrogens with zero attached hydrogens (tertiary/aromatic N) is 4. The van der Waals surface area contributed by atoms with E-state index in [1.54, 1.807) is 18.3 Å². The first kappa shape index (κ1) is 17.3. The maximum Gasteiger partial charge on any atom is 0.240 e. The molecular formula is C21H15ClN4O. The molecule has 3 atom stereocenters. The van der Waals surface area contributed by atoms with E-state index in [4.69, 9.17) is 11.6 Å². The Bertz CT molecular complexity index is 1020. The van der Waals surface area contributed by atoms with Gasteiger partial charge in [-0.15, -0.1) is 0 Å². The van der Waals surface area contributed by atoms with Gasteiger partial charge in [-0.05, 0) is 35.7 Å². The highest BCUT2D eigenvalue weighted by Gasteiger charge is 2.63. The van der Waals surface area contributed by atoms with Crippen LogP contribution >= 0.6 is 11.6 Å². The first-order valence-corrected chi connectivity index (χ1v) is 8.92. The number of Topliss-reactive ketones (excluding diaryl/α,β-unsaturated/α-hetero) is 1. The highest BCUT2D eigenvalue weighted by molar-refractivity contribution is 6.30. The van der Waals surface area contributed by atoms with Crippen molar-refractivity contribution in [2.75, 3.05) is 0 Å². The second-order valence-corrected chi connectivity index (χ2v) is 7.25. The van der Waals surface area contributed by atoms with Gasteiger partial charge in [-0.1, -0.05) is 48.0 Å². The van der Waals surface area contributed by atoms with E-state index in [0.29, 0.717) is 5.02 Å². The Balaban J connectivity index is 2.01. The van der Waals surface area contributed by atoms with Gasteiger partial charge >= 0.3 is 0 Å². The minimum absolute atomic E-state index is 0.208. The molecular weight excluding hydrogens is 360 g/mol. The molecule has 0 spiro atoms. The lowest BCUT2D eigenvalue weighted by Crippen LogP contribution is -2.46. The van der Waals surface area contributed by atoms with Crippen molar-refractivity contribution in [3.63, 3.8) is 0 Å². The van der Waals surface area contributed by atoms with Gasteiger partial charge in [-0.2, -0.15) is 15.6 Å². The van der Waals surface area contributed by atoms with Gasteiger partial charge in [0.05, 0.1) is 18.2 Å². The highest BCUT2D eigenvalue weighted by atomic mass is 35.5. The molecule has 132 valence electrons. The largest absolute Gasteiger partial charge is 0.300 e. The molecule has 0 radical (unpaired) electrons. The Morgan fingerprint density at radius 1 is 1.15 bits per heavy atom. The summed E-state index contributed by atoms with van der Waals surface area (Å²) in [5.74, 6) is -1.43. The average molecular weight is 375 g/mol. The normalized spacial score (nSPS) is 24.4. The summed E-state index contributed by atoms with van der Waals surface area (Å²) >= 11 is 6.04. The van der Waals surface area contributed by atoms with E-state index >= 15 is 0 Å². The number of fused-ring (bicyclic) bond motifs is 3. The van der Waals surface area contributed by atoms with Gasteiger partial charge in [0.2, 0.25) is 5.54 Å². The van der Waals surface area contributed by atoms with E-state index in [9.17, 15) is 15.3 Å². The molecule has 0 N–H and O–H groups in total. The lowest BCUT2D eigenvalue weighted by atomic mass is 9.73. The van der Waals surface area contributed by atoms with Gasteiger partial charge in [0.25, 0.3) is 0 Å². The fourth-order valence-corrected chi connectivity index (χ4v) is 4.47. The molecule has 5 nitrogen and oxygen atoms in total. The summed E-state index contributed by atoms with van der Waals surface area (Å²) in [6.45, 7) is 1.44. The Hall–Kier alpha value is -3.15. The summed E-state index contributed by atoms with van der Waals surface area (Å²) in [7, 11) is 0. The lowest BCUT2D eigenvalue weighted by molar-refractivity contribution is -0.122. The fraction of sp³-hybridized carbons (Fsp3) is 0.238. The van der Waals surface area contributed by atoms with Crippen molar-refractivity contribution in [2.24, 2.45) is 11.0 Å². The maximum absolute atomic E-state index is 12.7. The second kappa shape index (κ2) is 6.23. The molecule has 0 aliphatic carbocycles. The van der Waals surface area contributed by atoms with Gasteiger partial charge in [0.15, 0.2) is 0 Å². The maximum atomic E-state index is 12.7. The Kier molecular flexibility index (Phi) is 3.98. The third-order valence-corrected chi connectivity index (χ3v) is 5.70. The van der Waals surface area contributed by atoms with Gasteiger partial charge in [-0.3, -0.25) is 9.80 Å². The molecule has 6 heteroatoms. The van der Waals surface area contributed by atoms with Crippen LogP contribution in [0.15, 0.2) is 53.6 Å². The van der Waals surface area contributed by atoms with Crippen LogP contribution in [0.2, 0.25) is 5.02 Å². The Morgan fingerprint density at radius 3 is 2.44 bits per heavy atom. The molecule has 2 aliphatic heterocycles. The fourth-order valence-electron chi connectivity index (χ4n) is 4.34. The average Bonchev–Trinajstić information content (AvgIpc) is 3.00. The van der Waals surface area contributed by atoms with Crippen molar-refractivity contribution in [1.29, 1.82) is 10.5 Å². The third-order valence-electron chi connectivity index (χ3n) is 5.44. The smallest absolute Gasteiger partial charge is 0.240 e. The van der Waals surface area contributed by atoms with Gasteiger partial charge in [0.1, 0.15) is 17.9 Å². The Morgan fingerprint density at radius 2 is 1.81 bits per heavy atom. The lowest BCUT2D eigenvalue weighted by Gasteiger charge is -2.33. The number of benzene rings is 2. The number of hydrogen-bond acceptors (Lipinski definition) is 5. The molecule has 1 fully saturated rings. The van der Waals surface area contributed by atoms with Crippen molar-refractivity contribution in [1.82, 2.24) is 5.01 Å². The molecule has 27 heavy (non-hydrogen) atoms. The number of carbonyl (C=O) groups is 1. The van der Waals surface area contributed by atoms with Crippen molar-refractivity contribution >= 4 is 23.6 Å². The molecule has 0 amide bonds. The van der Waals surface area contributed by atoms with Crippen LogP contribution in [0.1, 0.15) is 35.6 Å². The predicted octanol–water partition coefficient (Wildman–Crippen LogP) is 3.82. The zero-order valence-corrected chi connectivity index (χ0v) is 15.3. The quantitative estimate of drug-likeness (QED) is 0.800. The van der Waals surface area contributed by atoms with Crippen molar-refractivity contribution in [2.45, 2.75) is 24.4 Å². The zero-order chi connectivity index (χ0) is 19.2. The molecule has 0 unspecified atom stereocenters. The number of carbonyl (C=O) groups excluding carboxylic acids is 1. The minimum Gasteiger partial charge on any atom is -0.300 e.